The summed E-state index contributed by atoms with van der Waals surface area (Å²) in [5.41, 5.74) is 0.634. The van der Waals surface area contributed by atoms with E-state index in [-0.39, 0.29) is 22.4 Å². The Labute approximate surface area is 140 Å². The third-order valence-corrected chi connectivity index (χ3v) is 3.83. The Morgan fingerprint density at radius 1 is 1.13 bits per heavy atom. The van der Waals surface area contributed by atoms with Gasteiger partial charge in [0.05, 0.1) is 16.5 Å². The van der Waals surface area contributed by atoms with Gasteiger partial charge in [-0.2, -0.15) is 0 Å². The smallest absolute Gasteiger partial charge is 0.308 e. The van der Waals surface area contributed by atoms with Crippen LogP contribution in [0.25, 0.3) is 0 Å². The second-order valence-corrected chi connectivity index (χ2v) is 6.13. The number of hydrogen-bond acceptors (Lipinski definition) is 3. The summed E-state index contributed by atoms with van der Waals surface area (Å²) in [6.45, 7) is 6.63. The van der Waals surface area contributed by atoms with Crippen LogP contribution in [0.2, 0.25) is 5.02 Å². The van der Waals surface area contributed by atoms with Gasteiger partial charge in [-0.05, 0) is 32.0 Å². The van der Waals surface area contributed by atoms with Crippen LogP contribution in [-0.4, -0.2) is 28.9 Å². The number of rotatable bonds is 6. The molecule has 2 unspecified atom stereocenters. The van der Waals surface area contributed by atoms with E-state index in [1.807, 2.05) is 0 Å². The number of carboxylic acid groups (broad SMARTS) is 1. The molecule has 2 amide bonds. The average Bonchev–Trinajstić information content (AvgIpc) is 2.47. The standard InChI is InChI=1S/C16H21ClN2O4/c1-8(2)14(20)19-11-5-6-13(17)12(7-11)15(21)18-10(4)9(3)16(22)23/h5-10H,1-4H3,(H,18,21)(H,19,20)(H,22,23). The van der Waals surface area contributed by atoms with Crippen molar-refractivity contribution < 1.29 is 19.5 Å². The van der Waals surface area contributed by atoms with Gasteiger partial charge in [0.25, 0.3) is 5.91 Å². The zero-order valence-corrected chi connectivity index (χ0v) is 14.3. The van der Waals surface area contributed by atoms with Gasteiger partial charge in [-0.3, -0.25) is 14.4 Å². The topological polar surface area (TPSA) is 95.5 Å². The minimum Gasteiger partial charge on any atom is -0.481 e. The van der Waals surface area contributed by atoms with Crippen molar-refractivity contribution in [1.29, 1.82) is 0 Å². The lowest BCUT2D eigenvalue weighted by Crippen LogP contribution is -2.40. The highest BCUT2D eigenvalue weighted by Crippen LogP contribution is 2.21. The predicted octanol–water partition coefficient (Wildman–Crippen LogP) is 2.77. The normalized spacial score (nSPS) is 13.3. The second kappa shape index (κ2) is 7.97. The first kappa shape index (κ1) is 19.0. The first-order valence-corrected chi connectivity index (χ1v) is 7.65. The van der Waals surface area contributed by atoms with Crippen molar-refractivity contribution in [3.05, 3.63) is 28.8 Å². The third-order valence-electron chi connectivity index (χ3n) is 3.50. The van der Waals surface area contributed by atoms with Crippen molar-refractivity contribution in [2.24, 2.45) is 11.8 Å². The molecule has 0 radical (unpaired) electrons. The van der Waals surface area contributed by atoms with Crippen LogP contribution in [-0.2, 0) is 9.59 Å². The SMILES string of the molecule is CC(C)C(=O)Nc1ccc(Cl)c(C(=O)NC(C)C(C)C(=O)O)c1. The molecule has 6 nitrogen and oxygen atoms in total. The highest BCUT2D eigenvalue weighted by atomic mass is 35.5. The molecule has 7 heteroatoms. The number of aliphatic carboxylic acids is 1. The molecule has 1 rings (SSSR count). The van der Waals surface area contributed by atoms with Crippen molar-refractivity contribution in [3.63, 3.8) is 0 Å². The summed E-state index contributed by atoms with van der Waals surface area (Å²) in [4.78, 5) is 34.9. The summed E-state index contributed by atoms with van der Waals surface area (Å²) >= 11 is 6.03. The lowest BCUT2D eigenvalue weighted by atomic mass is 10.0. The van der Waals surface area contributed by atoms with E-state index in [9.17, 15) is 14.4 Å². The zero-order chi connectivity index (χ0) is 17.7. The molecule has 1 aromatic rings. The van der Waals surface area contributed by atoms with Crippen molar-refractivity contribution in [2.75, 3.05) is 5.32 Å². The van der Waals surface area contributed by atoms with E-state index in [0.717, 1.165) is 0 Å². The minimum absolute atomic E-state index is 0.174. The number of halogens is 1. The lowest BCUT2D eigenvalue weighted by molar-refractivity contribution is -0.141. The fourth-order valence-corrected chi connectivity index (χ4v) is 1.89. The molecule has 0 aliphatic carbocycles. The number of hydrogen-bond donors (Lipinski definition) is 3. The molecule has 0 aromatic heterocycles. The highest BCUT2D eigenvalue weighted by Gasteiger charge is 2.22. The molecule has 0 aliphatic heterocycles. The number of anilines is 1. The van der Waals surface area contributed by atoms with Gasteiger partial charge in [0.2, 0.25) is 5.91 Å². The van der Waals surface area contributed by atoms with Gasteiger partial charge in [0, 0.05) is 17.6 Å². The monoisotopic (exact) mass is 340 g/mol. The molecule has 1 aromatic carbocycles. The van der Waals surface area contributed by atoms with Gasteiger partial charge in [-0.25, -0.2) is 0 Å². The van der Waals surface area contributed by atoms with E-state index >= 15 is 0 Å². The van der Waals surface area contributed by atoms with E-state index in [4.69, 9.17) is 16.7 Å². The van der Waals surface area contributed by atoms with E-state index in [1.54, 1.807) is 26.8 Å². The van der Waals surface area contributed by atoms with Crippen LogP contribution in [0.4, 0.5) is 5.69 Å². The lowest BCUT2D eigenvalue weighted by Gasteiger charge is -2.18. The Morgan fingerprint density at radius 3 is 2.26 bits per heavy atom. The molecule has 0 spiro atoms. The number of carbonyl (C=O) groups is 3. The molecule has 0 bridgehead atoms. The summed E-state index contributed by atoms with van der Waals surface area (Å²) in [5.74, 6) is -2.59. The van der Waals surface area contributed by atoms with Gasteiger partial charge in [0.15, 0.2) is 0 Å². The van der Waals surface area contributed by atoms with E-state index in [0.29, 0.717) is 5.69 Å². The van der Waals surface area contributed by atoms with Crippen LogP contribution < -0.4 is 10.6 Å². The molecule has 3 N–H and O–H groups in total. The Balaban J connectivity index is 2.92. The van der Waals surface area contributed by atoms with Crippen LogP contribution in [0.15, 0.2) is 18.2 Å². The highest BCUT2D eigenvalue weighted by molar-refractivity contribution is 6.34. The molecular formula is C16H21ClN2O4. The van der Waals surface area contributed by atoms with E-state index in [2.05, 4.69) is 10.6 Å². The first-order valence-electron chi connectivity index (χ1n) is 7.27. The molecule has 126 valence electrons. The van der Waals surface area contributed by atoms with Gasteiger partial charge < -0.3 is 15.7 Å². The zero-order valence-electron chi connectivity index (χ0n) is 13.5. The maximum Gasteiger partial charge on any atom is 0.308 e. The molecule has 0 aliphatic rings. The summed E-state index contributed by atoms with van der Waals surface area (Å²) in [6, 6.07) is 4.02. The Bertz CT molecular complexity index is 616. The predicted molar refractivity (Wildman–Crippen MR) is 88.6 cm³/mol. The quantitative estimate of drug-likeness (QED) is 0.742. The maximum atomic E-state index is 12.3. The summed E-state index contributed by atoms with van der Waals surface area (Å²) < 4.78 is 0. The summed E-state index contributed by atoms with van der Waals surface area (Å²) in [5, 5.41) is 14.5. The number of carbonyl (C=O) groups excluding carboxylic acids is 2. The molecule has 0 saturated carbocycles. The summed E-state index contributed by atoms with van der Waals surface area (Å²) in [6.07, 6.45) is 0. The molecule has 0 fully saturated rings. The molecular weight excluding hydrogens is 320 g/mol. The minimum atomic E-state index is -0.998. The van der Waals surface area contributed by atoms with Crippen LogP contribution >= 0.6 is 11.6 Å². The van der Waals surface area contributed by atoms with Crippen LogP contribution in [0.3, 0.4) is 0 Å². The molecule has 23 heavy (non-hydrogen) atoms. The first-order chi connectivity index (χ1) is 10.6. The van der Waals surface area contributed by atoms with Gasteiger partial charge in [-0.15, -0.1) is 0 Å². The van der Waals surface area contributed by atoms with Crippen molar-refractivity contribution in [1.82, 2.24) is 5.32 Å². The van der Waals surface area contributed by atoms with Crippen molar-refractivity contribution in [2.45, 2.75) is 33.7 Å². The number of nitrogens with one attached hydrogen (secondary N) is 2. The molecule has 2 atom stereocenters. The number of amides is 2. The largest absolute Gasteiger partial charge is 0.481 e. The fraction of sp³-hybridized carbons (Fsp3) is 0.438. The molecule has 0 heterocycles. The average molecular weight is 341 g/mol. The summed E-state index contributed by atoms with van der Waals surface area (Å²) in [7, 11) is 0. The maximum absolute atomic E-state index is 12.3. The van der Waals surface area contributed by atoms with Crippen molar-refractivity contribution in [3.8, 4) is 0 Å². The van der Waals surface area contributed by atoms with Gasteiger partial charge in [-0.1, -0.05) is 25.4 Å². The Morgan fingerprint density at radius 2 is 1.74 bits per heavy atom. The van der Waals surface area contributed by atoms with Gasteiger partial charge >= 0.3 is 5.97 Å². The van der Waals surface area contributed by atoms with E-state index < -0.39 is 23.8 Å². The fourth-order valence-electron chi connectivity index (χ4n) is 1.69. The Hall–Kier alpha value is -2.08. The Kier molecular flexibility index (Phi) is 6.57. The van der Waals surface area contributed by atoms with Gasteiger partial charge in [0.1, 0.15) is 0 Å². The third kappa shape index (κ3) is 5.25. The van der Waals surface area contributed by atoms with Crippen molar-refractivity contribution >= 4 is 35.1 Å². The second-order valence-electron chi connectivity index (χ2n) is 5.73. The molecule has 0 saturated heterocycles. The number of benzene rings is 1. The van der Waals surface area contributed by atoms with E-state index in [1.165, 1.54) is 19.1 Å². The van der Waals surface area contributed by atoms with Crippen LogP contribution in [0.1, 0.15) is 38.1 Å². The van der Waals surface area contributed by atoms with Crippen LogP contribution in [0.5, 0.6) is 0 Å². The number of carboxylic acids is 1. The van der Waals surface area contributed by atoms with Crippen LogP contribution in [0, 0.1) is 11.8 Å².